The summed E-state index contributed by atoms with van der Waals surface area (Å²) in [4.78, 5) is 16.8. The molecule has 0 atom stereocenters. The number of hydrogen-bond donors (Lipinski definition) is 0. The van der Waals surface area contributed by atoms with Crippen molar-refractivity contribution in [2.75, 3.05) is 14.1 Å². The Morgan fingerprint density at radius 1 is 0.465 bits per heavy atom. The molecule has 1 aliphatic heterocycles. The second kappa shape index (κ2) is 26.7. The zero-order valence-electron chi connectivity index (χ0n) is 49.1. The first-order valence-electron chi connectivity index (χ1n) is 28.5. The van der Waals surface area contributed by atoms with Crippen LogP contribution in [0.3, 0.4) is 0 Å². The number of pyridine rings is 1. The number of rotatable bonds is 12. The van der Waals surface area contributed by atoms with E-state index in [-0.39, 0.29) is 5.66 Å². The Bertz CT molecular complexity index is 4070. The van der Waals surface area contributed by atoms with Crippen LogP contribution in [0.4, 0.5) is 13.2 Å². The number of halogens is 3. The third-order valence-corrected chi connectivity index (χ3v) is 15.9. The summed E-state index contributed by atoms with van der Waals surface area (Å²) in [5.74, 6) is 0. The molecule has 0 unspecified atom stereocenters. The molecule has 0 N–H and O–H groups in total. The number of allylic oxidation sites excluding steroid dienone is 2. The minimum absolute atomic E-state index is 0.139. The summed E-state index contributed by atoms with van der Waals surface area (Å²) in [7, 11) is 3.94. The molecule has 5 nitrogen and oxygen atoms in total. The van der Waals surface area contributed by atoms with Gasteiger partial charge in [-0.15, -0.1) is 11.4 Å². The average Bonchev–Trinajstić information content (AvgIpc) is 1.87. The van der Waals surface area contributed by atoms with Gasteiger partial charge in [0.2, 0.25) is 0 Å². The average molecular weight is 1180 g/mol. The Kier molecular flexibility index (Phi) is 18.5. The van der Waals surface area contributed by atoms with E-state index in [0.29, 0.717) is 0 Å². The van der Waals surface area contributed by atoms with E-state index < -0.39 is 11.7 Å². The van der Waals surface area contributed by atoms with Gasteiger partial charge >= 0.3 is 64.2 Å². The molecule has 12 rings (SSSR count). The van der Waals surface area contributed by atoms with Crippen LogP contribution in [-0.2, 0) is 21.7 Å². The van der Waals surface area contributed by atoms with Gasteiger partial charge in [-0.1, -0.05) is 212 Å². The molecule has 0 saturated heterocycles. The maximum atomic E-state index is 11.8. The first-order chi connectivity index (χ1) is 41.6. The Morgan fingerprint density at radius 2 is 0.849 bits per heavy atom. The first-order valence-corrected chi connectivity index (χ1v) is 28.9. The van der Waals surface area contributed by atoms with Crippen LogP contribution in [0.5, 0.6) is 0 Å². The van der Waals surface area contributed by atoms with Gasteiger partial charge in [0.1, 0.15) is 0 Å². The second-order valence-electron chi connectivity index (χ2n) is 21.9. The predicted octanol–water partition coefficient (Wildman–Crippen LogP) is 20.2. The van der Waals surface area contributed by atoms with Crippen molar-refractivity contribution in [2.24, 2.45) is 8.99 Å². The number of benzene rings is 9. The van der Waals surface area contributed by atoms with Gasteiger partial charge in [0, 0.05) is 18.0 Å². The largest absolute Gasteiger partial charge is 0.657 e. The molecule has 429 valence electrons. The number of nitrogens with zero attached hydrogens (tertiary/aromatic N) is 5. The van der Waals surface area contributed by atoms with Gasteiger partial charge in [0.25, 0.3) is 0 Å². The molecule has 9 aromatic carbocycles. The quantitative estimate of drug-likeness (QED) is 0.122. The monoisotopic (exact) mass is 1180 g/mol. The molecular weight excluding hydrogens is 1110 g/mol. The van der Waals surface area contributed by atoms with Gasteiger partial charge in [-0.25, -0.2) is 4.99 Å². The smallest absolute Gasteiger partial charge is 0.416 e. The molecule has 0 aliphatic carbocycles. The van der Waals surface area contributed by atoms with E-state index in [2.05, 4.69) is 288 Å². The molecule has 3 heterocycles. The summed E-state index contributed by atoms with van der Waals surface area (Å²) in [6.07, 6.45) is 2.39. The molecule has 86 heavy (non-hydrogen) atoms. The number of alkyl halides is 3. The van der Waals surface area contributed by atoms with Gasteiger partial charge in [0.15, 0.2) is 0 Å². The van der Waals surface area contributed by atoms with Gasteiger partial charge in [0.05, 0.1) is 17.0 Å². The number of aryl methyl sites for hydroxylation is 3. The van der Waals surface area contributed by atoms with E-state index >= 15 is 0 Å². The van der Waals surface area contributed by atoms with Crippen molar-refractivity contribution in [1.29, 1.82) is 0 Å². The van der Waals surface area contributed by atoms with Crippen LogP contribution in [0, 0.1) is 20.8 Å². The Labute approximate surface area is 511 Å². The summed E-state index contributed by atoms with van der Waals surface area (Å²) in [6, 6.07) is 84.5. The van der Waals surface area contributed by atoms with Gasteiger partial charge in [-0.05, 0) is 164 Å². The number of aliphatic imine (C=N–C) groups is 1. The van der Waals surface area contributed by atoms with Crippen LogP contribution in [0.2, 0.25) is 0 Å². The van der Waals surface area contributed by atoms with Crippen molar-refractivity contribution in [3.8, 4) is 78.0 Å². The number of hydrogen-bond acceptors (Lipinski definition) is 4. The van der Waals surface area contributed by atoms with Crippen molar-refractivity contribution < 1.29 is 28.7 Å². The van der Waals surface area contributed by atoms with Gasteiger partial charge in [-0.2, -0.15) is 13.2 Å². The fourth-order valence-electron chi connectivity index (χ4n) is 10.7. The van der Waals surface area contributed by atoms with Crippen LogP contribution in [-0.4, -0.2) is 35.4 Å². The molecule has 0 radical (unpaired) electrons. The molecule has 2 aromatic heterocycles. The Hall–Kier alpha value is -9.38. The van der Waals surface area contributed by atoms with Crippen LogP contribution in [0.15, 0.2) is 282 Å². The van der Waals surface area contributed by atoms with Crippen molar-refractivity contribution >= 4 is 11.3 Å². The minimum Gasteiger partial charge on any atom is -0.657 e. The molecule has 0 saturated carbocycles. The van der Waals surface area contributed by atoms with E-state index in [1.54, 1.807) is 0 Å². The molecule has 0 fully saturated rings. The molecule has 0 bridgehead atoms. The predicted molar refractivity (Wildman–Crippen MR) is 346 cm³/mol. The Morgan fingerprint density at radius 3 is 1.20 bits per heavy atom. The van der Waals surface area contributed by atoms with Crippen molar-refractivity contribution in [1.82, 2.24) is 14.9 Å². The summed E-state index contributed by atoms with van der Waals surface area (Å²) >= 11 is 3.87. The molecule has 11 aromatic rings. The van der Waals surface area contributed by atoms with Crippen molar-refractivity contribution in [2.45, 2.75) is 46.5 Å². The standard InChI is InChI=1S/C66H49N2.C6H4F3N.C5H12N2.Co/c1-44-38-45(2)63(46(3)39-44)66(61-36-34-59(67-61)64-55(49-26-14-6-15-27-49)40-53(47-22-10-4-11-23-47)41-56(64)50-28-16-7-17-29-50)62-37-35-60(68-62)65-57(51-30-18-8-19-31-51)42-54(48-24-12-5-13-25-48)43-58(65)52-32-20-9-21-33-52;7-6(8,9)5-1-3-10-4-2-5;1-5(2,6)7(3)4;/h4-43H,1-3H3;1-4H;1-4H3;/q-1;;;/b66-61+;;;. The van der Waals surface area contributed by atoms with Crippen LogP contribution < -0.4 is 4.98 Å². The maximum absolute atomic E-state index is 11.8. The third-order valence-electron chi connectivity index (χ3n) is 15.3. The van der Waals surface area contributed by atoms with E-state index in [9.17, 15) is 13.2 Å². The van der Waals surface area contributed by atoms with E-state index in [1.807, 2.05) is 32.8 Å². The van der Waals surface area contributed by atoms with Crippen molar-refractivity contribution in [3.05, 3.63) is 312 Å². The zero-order valence-corrected chi connectivity index (χ0v) is 50.1. The summed E-state index contributed by atoms with van der Waals surface area (Å²) in [5.41, 5.74) is 24.5. The third kappa shape index (κ3) is 13.7. The SMILES string of the molecule is CN(C)C(C)(C)[N]=[Co].Cc1cc(C)c(/C(=C2\C=CC(c3c(-c4ccccc4)cc(-c4ccccc4)cc3-c3ccccc3)=N2)c2ccc(-c3c(-c4ccccc4)cc(-c4ccccc4)cc3-c3ccccc3)[n-]2)c(C)c1.FC(F)(F)c1ccncc1. The van der Waals surface area contributed by atoms with Crippen LogP contribution in [0.1, 0.15) is 52.9 Å². The fourth-order valence-corrected chi connectivity index (χ4v) is 10.9. The number of aromatic nitrogens is 2. The molecule has 1 aliphatic rings. The molecule has 9 heteroatoms. The van der Waals surface area contributed by atoms with E-state index in [0.717, 1.165) is 125 Å². The molecular formula is C77H65CoF3N5-. The summed E-state index contributed by atoms with van der Waals surface area (Å²) in [5, 5.41) is 0. The zero-order chi connectivity index (χ0) is 60.4. The van der Waals surface area contributed by atoms with Gasteiger partial charge < -0.3 is 4.98 Å². The fraction of sp³-hybridized carbons (Fsp3) is 0.117. The van der Waals surface area contributed by atoms with Crippen LogP contribution in [0.25, 0.3) is 83.6 Å². The van der Waals surface area contributed by atoms with Crippen molar-refractivity contribution in [3.63, 3.8) is 0 Å². The first kappa shape index (κ1) is 59.8. The Balaban J connectivity index is 0.000000393. The van der Waals surface area contributed by atoms with Crippen LogP contribution >= 0.6 is 0 Å². The minimum atomic E-state index is -4.25. The van der Waals surface area contributed by atoms with E-state index in [4.69, 9.17) is 9.98 Å². The topological polar surface area (TPSA) is 55.0 Å². The molecule has 0 amide bonds. The van der Waals surface area contributed by atoms with E-state index in [1.165, 1.54) is 27.8 Å². The second-order valence-corrected chi connectivity index (χ2v) is 22.1. The molecule has 0 spiro atoms. The summed E-state index contributed by atoms with van der Waals surface area (Å²) < 4.78 is 39.1. The maximum Gasteiger partial charge on any atom is 0.416 e. The summed E-state index contributed by atoms with van der Waals surface area (Å²) in [6.45, 7) is 10.6. The normalized spacial score (nSPS) is 12.6. The van der Waals surface area contributed by atoms with Gasteiger partial charge in [-0.3, -0.25) is 4.98 Å².